The number of amides is 1. The van der Waals surface area contributed by atoms with Gasteiger partial charge in [0.1, 0.15) is 12.4 Å². The van der Waals surface area contributed by atoms with Crippen molar-refractivity contribution in [2.24, 2.45) is 0 Å². The van der Waals surface area contributed by atoms with E-state index >= 15 is 0 Å². The second-order valence-corrected chi connectivity index (χ2v) is 7.35. The highest BCUT2D eigenvalue weighted by atomic mass is 32.2. The minimum absolute atomic E-state index is 0.105. The Kier molecular flexibility index (Phi) is 7.01. The number of rotatable bonds is 8. The predicted molar refractivity (Wildman–Crippen MR) is 89.4 cm³/mol. The highest BCUT2D eigenvalue weighted by Crippen LogP contribution is 2.16. The summed E-state index contributed by atoms with van der Waals surface area (Å²) in [6.45, 7) is 2.04. The van der Waals surface area contributed by atoms with Gasteiger partial charge in [0.05, 0.1) is 18.0 Å². The number of hydrogen-bond donors (Lipinski definition) is 1. The summed E-state index contributed by atoms with van der Waals surface area (Å²) >= 11 is 0. The van der Waals surface area contributed by atoms with Gasteiger partial charge in [-0.3, -0.25) is 4.79 Å². The lowest BCUT2D eigenvalue weighted by atomic mass is 10.1. The van der Waals surface area contributed by atoms with E-state index in [0.717, 1.165) is 19.3 Å². The van der Waals surface area contributed by atoms with E-state index in [9.17, 15) is 13.2 Å². The van der Waals surface area contributed by atoms with Crippen LogP contribution in [0.4, 0.5) is 0 Å². The maximum Gasteiger partial charge on any atom is 0.241 e. The lowest BCUT2D eigenvalue weighted by Crippen LogP contribution is -2.42. The Hall–Kier alpha value is -1.64. The molecular weight excluding hydrogens is 332 g/mol. The molecule has 0 saturated carbocycles. The highest BCUT2D eigenvalue weighted by Gasteiger charge is 2.20. The number of hydrogen-bond acceptors (Lipinski definition) is 5. The van der Waals surface area contributed by atoms with E-state index in [0.29, 0.717) is 32.1 Å². The van der Waals surface area contributed by atoms with Gasteiger partial charge in [-0.1, -0.05) is 0 Å². The Balaban J connectivity index is 1.88. The molecule has 1 N–H and O–H groups in total. The summed E-state index contributed by atoms with van der Waals surface area (Å²) in [4.78, 5) is 13.9. The molecule has 1 aromatic rings. The van der Waals surface area contributed by atoms with Crippen LogP contribution in [0, 0.1) is 0 Å². The van der Waals surface area contributed by atoms with Crippen LogP contribution in [0.15, 0.2) is 29.2 Å². The summed E-state index contributed by atoms with van der Waals surface area (Å²) < 4.78 is 37.1. The van der Waals surface area contributed by atoms with E-state index < -0.39 is 10.0 Å². The molecule has 0 aliphatic carbocycles. The third-order valence-corrected chi connectivity index (χ3v) is 5.23. The molecule has 1 saturated heterocycles. The third kappa shape index (κ3) is 5.47. The standard InChI is InChI=1S/C16H24N2O5S/c1-22-11-12-23-14-5-7-15(8-6-14)24(20,21)17-13-16(19)18-9-3-2-4-10-18/h5-8,17H,2-4,9-13H2,1H3. The van der Waals surface area contributed by atoms with Crippen LogP contribution in [0.5, 0.6) is 5.75 Å². The topological polar surface area (TPSA) is 84.9 Å². The maximum absolute atomic E-state index is 12.2. The number of methoxy groups -OCH3 is 1. The lowest BCUT2D eigenvalue weighted by Gasteiger charge is -2.26. The van der Waals surface area contributed by atoms with Gasteiger partial charge in [0.2, 0.25) is 15.9 Å². The largest absolute Gasteiger partial charge is 0.491 e. The molecule has 2 rings (SSSR count). The Bertz CT molecular complexity index is 624. The van der Waals surface area contributed by atoms with E-state index in [1.54, 1.807) is 24.1 Å². The number of piperidine rings is 1. The summed E-state index contributed by atoms with van der Waals surface area (Å²) in [5.74, 6) is 0.383. The maximum atomic E-state index is 12.2. The second-order valence-electron chi connectivity index (χ2n) is 5.58. The van der Waals surface area contributed by atoms with Crippen molar-refractivity contribution >= 4 is 15.9 Å². The number of ether oxygens (including phenoxy) is 2. The molecule has 8 heteroatoms. The van der Waals surface area contributed by atoms with Crippen molar-refractivity contribution in [1.82, 2.24) is 9.62 Å². The number of sulfonamides is 1. The van der Waals surface area contributed by atoms with Crippen molar-refractivity contribution < 1.29 is 22.7 Å². The van der Waals surface area contributed by atoms with Crippen LogP contribution in [0.1, 0.15) is 19.3 Å². The van der Waals surface area contributed by atoms with Gasteiger partial charge in [0, 0.05) is 20.2 Å². The molecule has 1 aliphatic rings. The number of nitrogens with zero attached hydrogens (tertiary/aromatic N) is 1. The van der Waals surface area contributed by atoms with Crippen molar-refractivity contribution in [2.75, 3.05) is 40.0 Å². The lowest BCUT2D eigenvalue weighted by molar-refractivity contribution is -0.130. The van der Waals surface area contributed by atoms with Crippen LogP contribution in [0.2, 0.25) is 0 Å². The summed E-state index contributed by atoms with van der Waals surface area (Å²) in [5, 5.41) is 0. The fraction of sp³-hybridized carbons (Fsp3) is 0.562. The van der Waals surface area contributed by atoms with Crippen LogP contribution < -0.4 is 9.46 Å². The molecule has 7 nitrogen and oxygen atoms in total. The highest BCUT2D eigenvalue weighted by molar-refractivity contribution is 7.89. The van der Waals surface area contributed by atoms with Gasteiger partial charge < -0.3 is 14.4 Å². The molecule has 0 atom stereocenters. The minimum atomic E-state index is -3.71. The number of carbonyl (C=O) groups is 1. The van der Waals surface area contributed by atoms with Crippen molar-refractivity contribution in [3.8, 4) is 5.75 Å². The molecule has 1 fully saturated rings. The molecule has 1 aromatic carbocycles. The van der Waals surface area contributed by atoms with Crippen molar-refractivity contribution in [3.63, 3.8) is 0 Å². The Morgan fingerprint density at radius 3 is 2.42 bits per heavy atom. The zero-order chi connectivity index (χ0) is 17.4. The van der Waals surface area contributed by atoms with E-state index in [4.69, 9.17) is 9.47 Å². The average molecular weight is 356 g/mol. The van der Waals surface area contributed by atoms with Gasteiger partial charge in [-0.25, -0.2) is 13.1 Å². The quantitative estimate of drug-likeness (QED) is 0.703. The monoisotopic (exact) mass is 356 g/mol. The van der Waals surface area contributed by atoms with Gasteiger partial charge in [-0.15, -0.1) is 0 Å². The number of nitrogens with one attached hydrogen (secondary N) is 1. The first-order valence-corrected chi connectivity index (χ1v) is 9.50. The zero-order valence-corrected chi connectivity index (χ0v) is 14.7. The van der Waals surface area contributed by atoms with Crippen molar-refractivity contribution in [3.05, 3.63) is 24.3 Å². The molecule has 0 aromatic heterocycles. The minimum Gasteiger partial charge on any atom is -0.491 e. The molecule has 1 aliphatic heterocycles. The SMILES string of the molecule is COCCOc1ccc(S(=O)(=O)NCC(=O)N2CCCCC2)cc1. The van der Waals surface area contributed by atoms with Gasteiger partial charge in [0.25, 0.3) is 0 Å². The molecule has 0 spiro atoms. The van der Waals surface area contributed by atoms with Gasteiger partial charge >= 0.3 is 0 Å². The van der Waals surface area contributed by atoms with E-state index in [-0.39, 0.29) is 17.3 Å². The van der Waals surface area contributed by atoms with Gasteiger partial charge in [-0.2, -0.15) is 0 Å². The zero-order valence-electron chi connectivity index (χ0n) is 13.9. The Morgan fingerprint density at radius 2 is 1.79 bits per heavy atom. The Labute approximate surface area is 143 Å². The van der Waals surface area contributed by atoms with E-state index in [1.807, 2.05) is 0 Å². The summed E-state index contributed by atoms with van der Waals surface area (Å²) in [6.07, 6.45) is 3.07. The fourth-order valence-electron chi connectivity index (χ4n) is 2.45. The smallest absolute Gasteiger partial charge is 0.241 e. The first-order valence-electron chi connectivity index (χ1n) is 8.02. The third-order valence-electron chi connectivity index (χ3n) is 3.81. The van der Waals surface area contributed by atoms with Crippen LogP contribution in [0.3, 0.4) is 0 Å². The summed E-state index contributed by atoms with van der Waals surface area (Å²) in [7, 11) is -2.13. The first-order chi connectivity index (χ1) is 11.5. The average Bonchev–Trinajstić information content (AvgIpc) is 2.61. The molecule has 0 radical (unpaired) electrons. The van der Waals surface area contributed by atoms with Crippen molar-refractivity contribution in [2.45, 2.75) is 24.2 Å². The molecule has 1 heterocycles. The first kappa shape index (κ1) is 18.7. The molecule has 0 bridgehead atoms. The molecule has 134 valence electrons. The normalized spacial score (nSPS) is 15.3. The molecule has 1 amide bonds. The molecule has 24 heavy (non-hydrogen) atoms. The second kappa shape index (κ2) is 9.00. The molecular formula is C16H24N2O5S. The predicted octanol–water partition coefficient (Wildman–Crippen LogP) is 1.00. The van der Waals surface area contributed by atoms with Crippen LogP contribution >= 0.6 is 0 Å². The molecule has 0 unspecified atom stereocenters. The van der Waals surface area contributed by atoms with Crippen LogP contribution in [-0.2, 0) is 19.6 Å². The van der Waals surface area contributed by atoms with Crippen LogP contribution in [-0.4, -0.2) is 59.2 Å². The van der Waals surface area contributed by atoms with E-state index in [1.165, 1.54) is 12.1 Å². The van der Waals surface area contributed by atoms with Crippen LogP contribution in [0.25, 0.3) is 0 Å². The van der Waals surface area contributed by atoms with Gasteiger partial charge in [0.15, 0.2) is 0 Å². The van der Waals surface area contributed by atoms with Gasteiger partial charge in [-0.05, 0) is 43.5 Å². The fourth-order valence-corrected chi connectivity index (χ4v) is 3.43. The number of carbonyl (C=O) groups excluding carboxylic acids is 1. The Morgan fingerprint density at radius 1 is 1.12 bits per heavy atom. The van der Waals surface area contributed by atoms with Crippen molar-refractivity contribution in [1.29, 1.82) is 0 Å². The number of likely N-dealkylation sites (tertiary alicyclic amines) is 1. The number of benzene rings is 1. The summed E-state index contributed by atoms with van der Waals surface area (Å²) in [5.41, 5.74) is 0. The van der Waals surface area contributed by atoms with E-state index in [2.05, 4.69) is 4.72 Å². The summed E-state index contributed by atoms with van der Waals surface area (Å²) in [6, 6.07) is 6.07.